The van der Waals surface area contributed by atoms with Crippen LogP contribution in [0.1, 0.15) is 58.8 Å². The summed E-state index contributed by atoms with van der Waals surface area (Å²) in [4.78, 5) is 0. The highest BCUT2D eigenvalue weighted by Gasteiger charge is 2.00. The molecule has 4 heteroatoms. The summed E-state index contributed by atoms with van der Waals surface area (Å²) in [5.41, 5.74) is 0. The van der Waals surface area contributed by atoms with E-state index in [0.717, 1.165) is 19.5 Å². The highest BCUT2D eigenvalue weighted by Crippen LogP contribution is 2.06. The van der Waals surface area contributed by atoms with E-state index in [0.29, 0.717) is 6.04 Å². The number of rotatable bonds is 11. The minimum Gasteiger partial charge on any atom is -0.314 e. The fourth-order valence-electron chi connectivity index (χ4n) is 2.10. The van der Waals surface area contributed by atoms with Crippen molar-refractivity contribution >= 4 is 0 Å². The molecule has 0 amide bonds. The van der Waals surface area contributed by atoms with Gasteiger partial charge < -0.3 is 5.32 Å². The van der Waals surface area contributed by atoms with Crippen LogP contribution in [0.25, 0.3) is 0 Å². The second-order valence-electron chi connectivity index (χ2n) is 5.08. The predicted molar refractivity (Wildman–Crippen MR) is 75.5 cm³/mol. The van der Waals surface area contributed by atoms with Crippen LogP contribution >= 0.6 is 0 Å². The molecule has 0 spiro atoms. The van der Waals surface area contributed by atoms with Gasteiger partial charge in [0.2, 0.25) is 0 Å². The Hall–Kier alpha value is -0.900. The van der Waals surface area contributed by atoms with E-state index in [9.17, 15) is 0 Å². The molecule has 1 unspecified atom stereocenters. The largest absolute Gasteiger partial charge is 0.314 e. The summed E-state index contributed by atoms with van der Waals surface area (Å²) >= 11 is 0. The van der Waals surface area contributed by atoms with E-state index in [4.69, 9.17) is 0 Å². The quantitative estimate of drug-likeness (QED) is 0.616. The van der Waals surface area contributed by atoms with E-state index < -0.39 is 0 Å². The lowest BCUT2D eigenvalue weighted by Gasteiger charge is -2.13. The molecule has 0 fully saturated rings. The molecule has 0 aliphatic heterocycles. The molecule has 0 aromatic carbocycles. The van der Waals surface area contributed by atoms with Crippen molar-refractivity contribution < 1.29 is 0 Å². The molecule has 0 bridgehead atoms. The second-order valence-corrected chi connectivity index (χ2v) is 5.08. The zero-order chi connectivity index (χ0) is 13.1. The van der Waals surface area contributed by atoms with Gasteiger partial charge in [-0.3, -0.25) is 4.68 Å². The first kappa shape index (κ1) is 15.2. The van der Waals surface area contributed by atoms with Crippen LogP contribution in [0.3, 0.4) is 0 Å². The summed E-state index contributed by atoms with van der Waals surface area (Å²) in [5, 5.41) is 11.3. The first-order chi connectivity index (χ1) is 8.83. The molecule has 0 aliphatic rings. The number of nitrogens with zero attached hydrogens (tertiary/aromatic N) is 3. The van der Waals surface area contributed by atoms with E-state index in [2.05, 4.69) is 29.5 Å². The Morgan fingerprint density at radius 3 is 2.72 bits per heavy atom. The normalized spacial score (nSPS) is 12.8. The number of aromatic nitrogens is 3. The standard InChI is InChI=1S/C14H28N4/c1-3-4-5-6-7-9-14(2)15-10-8-12-18-13-11-16-17-18/h11,13-15H,3-10,12H2,1-2H3. The monoisotopic (exact) mass is 252 g/mol. The maximum absolute atomic E-state index is 3.95. The Balaban J connectivity index is 1.88. The lowest BCUT2D eigenvalue weighted by Crippen LogP contribution is -2.27. The van der Waals surface area contributed by atoms with E-state index in [1.165, 1.54) is 38.5 Å². The van der Waals surface area contributed by atoms with Gasteiger partial charge in [0.05, 0.1) is 6.20 Å². The summed E-state index contributed by atoms with van der Waals surface area (Å²) in [6, 6.07) is 0.641. The van der Waals surface area contributed by atoms with Crippen LogP contribution in [-0.4, -0.2) is 27.6 Å². The molecule has 0 aliphatic carbocycles. The van der Waals surface area contributed by atoms with Crippen molar-refractivity contribution in [1.82, 2.24) is 20.3 Å². The Morgan fingerprint density at radius 2 is 2.00 bits per heavy atom. The van der Waals surface area contributed by atoms with Crippen molar-refractivity contribution in [2.45, 2.75) is 71.4 Å². The van der Waals surface area contributed by atoms with Gasteiger partial charge in [-0.05, 0) is 26.3 Å². The molecule has 104 valence electrons. The van der Waals surface area contributed by atoms with Gasteiger partial charge in [0.15, 0.2) is 0 Å². The maximum atomic E-state index is 3.95. The van der Waals surface area contributed by atoms with Crippen LogP contribution in [0.4, 0.5) is 0 Å². The number of aryl methyl sites for hydroxylation is 1. The summed E-state index contributed by atoms with van der Waals surface area (Å²) < 4.78 is 1.89. The van der Waals surface area contributed by atoms with Crippen LogP contribution in [0, 0.1) is 0 Å². The topological polar surface area (TPSA) is 42.7 Å². The van der Waals surface area contributed by atoms with Gasteiger partial charge in [0.1, 0.15) is 0 Å². The minimum atomic E-state index is 0.641. The highest BCUT2D eigenvalue weighted by molar-refractivity contribution is 4.65. The zero-order valence-electron chi connectivity index (χ0n) is 11.9. The molecular weight excluding hydrogens is 224 g/mol. The number of nitrogens with one attached hydrogen (secondary N) is 1. The molecule has 1 rings (SSSR count). The summed E-state index contributed by atoms with van der Waals surface area (Å²) in [5.74, 6) is 0. The number of hydrogen-bond donors (Lipinski definition) is 1. The van der Waals surface area contributed by atoms with Crippen LogP contribution in [0.2, 0.25) is 0 Å². The van der Waals surface area contributed by atoms with Crippen LogP contribution in [0.15, 0.2) is 12.4 Å². The Kier molecular flexibility index (Phi) is 8.47. The third-order valence-electron chi connectivity index (χ3n) is 3.27. The first-order valence-corrected chi connectivity index (χ1v) is 7.40. The van der Waals surface area contributed by atoms with E-state index in [-0.39, 0.29) is 0 Å². The fourth-order valence-corrected chi connectivity index (χ4v) is 2.10. The molecule has 1 aromatic heterocycles. The predicted octanol–water partition coefficient (Wildman–Crippen LogP) is 3.01. The van der Waals surface area contributed by atoms with Crippen molar-refractivity contribution in [3.8, 4) is 0 Å². The highest BCUT2D eigenvalue weighted by atomic mass is 15.4. The minimum absolute atomic E-state index is 0.641. The Labute approximate surface area is 111 Å². The van der Waals surface area contributed by atoms with Gasteiger partial charge in [-0.15, -0.1) is 5.10 Å². The zero-order valence-corrected chi connectivity index (χ0v) is 11.9. The number of hydrogen-bond acceptors (Lipinski definition) is 3. The van der Waals surface area contributed by atoms with Crippen LogP contribution < -0.4 is 5.32 Å². The molecule has 1 aromatic rings. The van der Waals surface area contributed by atoms with Gasteiger partial charge in [-0.25, -0.2) is 0 Å². The molecule has 1 heterocycles. The smallest absolute Gasteiger partial charge is 0.0692 e. The van der Waals surface area contributed by atoms with Gasteiger partial charge in [0.25, 0.3) is 0 Å². The molecular formula is C14H28N4. The van der Waals surface area contributed by atoms with Crippen molar-refractivity contribution in [2.75, 3.05) is 6.54 Å². The van der Waals surface area contributed by atoms with Crippen molar-refractivity contribution in [1.29, 1.82) is 0 Å². The van der Waals surface area contributed by atoms with E-state index in [1.807, 2.05) is 10.9 Å². The summed E-state index contributed by atoms with van der Waals surface area (Å²) in [6.07, 6.45) is 12.9. The molecule has 0 radical (unpaired) electrons. The fraction of sp³-hybridized carbons (Fsp3) is 0.857. The molecule has 0 saturated heterocycles. The van der Waals surface area contributed by atoms with Gasteiger partial charge in [0, 0.05) is 18.8 Å². The van der Waals surface area contributed by atoms with Crippen LogP contribution in [0.5, 0.6) is 0 Å². The van der Waals surface area contributed by atoms with Crippen molar-refractivity contribution in [2.24, 2.45) is 0 Å². The molecule has 18 heavy (non-hydrogen) atoms. The summed E-state index contributed by atoms with van der Waals surface area (Å²) in [6.45, 7) is 6.57. The van der Waals surface area contributed by atoms with Gasteiger partial charge >= 0.3 is 0 Å². The maximum Gasteiger partial charge on any atom is 0.0692 e. The number of unbranched alkanes of at least 4 members (excludes halogenated alkanes) is 4. The lowest BCUT2D eigenvalue weighted by atomic mass is 10.1. The van der Waals surface area contributed by atoms with Crippen LogP contribution in [-0.2, 0) is 6.54 Å². The average Bonchev–Trinajstić information content (AvgIpc) is 2.87. The van der Waals surface area contributed by atoms with Crippen molar-refractivity contribution in [3.63, 3.8) is 0 Å². The SMILES string of the molecule is CCCCCCCC(C)NCCCn1ccnn1. The first-order valence-electron chi connectivity index (χ1n) is 7.40. The van der Waals surface area contributed by atoms with Gasteiger partial charge in [-0.2, -0.15) is 0 Å². The van der Waals surface area contributed by atoms with Gasteiger partial charge in [-0.1, -0.05) is 44.2 Å². The molecule has 4 nitrogen and oxygen atoms in total. The van der Waals surface area contributed by atoms with Crippen molar-refractivity contribution in [3.05, 3.63) is 12.4 Å². The second kappa shape index (κ2) is 10.1. The molecule has 1 N–H and O–H groups in total. The third-order valence-corrected chi connectivity index (χ3v) is 3.27. The summed E-state index contributed by atoms with van der Waals surface area (Å²) in [7, 11) is 0. The van der Waals surface area contributed by atoms with E-state index >= 15 is 0 Å². The molecule has 1 atom stereocenters. The Morgan fingerprint density at radius 1 is 1.17 bits per heavy atom. The Bertz CT molecular complexity index is 271. The lowest BCUT2D eigenvalue weighted by molar-refractivity contribution is 0.456. The third kappa shape index (κ3) is 7.43. The van der Waals surface area contributed by atoms with E-state index in [1.54, 1.807) is 6.20 Å². The molecule has 0 saturated carbocycles. The average molecular weight is 252 g/mol.